The fourth-order valence-corrected chi connectivity index (χ4v) is 1.49. The van der Waals surface area contributed by atoms with Crippen molar-refractivity contribution in [1.82, 2.24) is 0 Å². The number of ether oxygens (including phenoxy) is 1. The standard InChI is InChI=1S/C13H20N2O2.ClH/c1-10(17-2)11-5-3-6-12(9-11)15-13(16)7-4-8-14;/h3,5-6,9-10H,4,7-8,14H2,1-2H3,(H,15,16);1H. The van der Waals surface area contributed by atoms with Crippen LogP contribution in [0.3, 0.4) is 0 Å². The van der Waals surface area contributed by atoms with Crippen LogP contribution in [0.25, 0.3) is 0 Å². The van der Waals surface area contributed by atoms with Crippen LogP contribution in [0.4, 0.5) is 5.69 Å². The van der Waals surface area contributed by atoms with Gasteiger partial charge in [-0.3, -0.25) is 4.79 Å². The summed E-state index contributed by atoms with van der Waals surface area (Å²) in [5.74, 6) is -0.00216. The van der Waals surface area contributed by atoms with Crippen LogP contribution in [0.5, 0.6) is 0 Å². The Hall–Kier alpha value is -1.10. The fraction of sp³-hybridized carbons (Fsp3) is 0.462. The number of amides is 1. The molecule has 0 aromatic heterocycles. The summed E-state index contributed by atoms with van der Waals surface area (Å²) >= 11 is 0. The van der Waals surface area contributed by atoms with Crippen LogP contribution in [-0.4, -0.2) is 19.6 Å². The lowest BCUT2D eigenvalue weighted by atomic mass is 10.1. The van der Waals surface area contributed by atoms with Gasteiger partial charge in [-0.1, -0.05) is 12.1 Å². The van der Waals surface area contributed by atoms with E-state index in [4.69, 9.17) is 10.5 Å². The van der Waals surface area contributed by atoms with Crippen molar-refractivity contribution in [1.29, 1.82) is 0 Å². The van der Waals surface area contributed by atoms with E-state index in [-0.39, 0.29) is 24.4 Å². The molecule has 1 aromatic carbocycles. The lowest BCUT2D eigenvalue weighted by Gasteiger charge is -2.12. The highest BCUT2D eigenvalue weighted by atomic mass is 35.5. The second kappa shape index (κ2) is 8.91. The normalized spacial score (nSPS) is 11.5. The van der Waals surface area contributed by atoms with E-state index in [1.54, 1.807) is 7.11 Å². The molecule has 5 heteroatoms. The first-order valence-corrected chi connectivity index (χ1v) is 5.80. The van der Waals surface area contributed by atoms with E-state index in [9.17, 15) is 4.79 Å². The monoisotopic (exact) mass is 272 g/mol. The van der Waals surface area contributed by atoms with Crippen LogP contribution in [0.1, 0.15) is 31.4 Å². The van der Waals surface area contributed by atoms with E-state index in [2.05, 4.69) is 5.32 Å². The maximum Gasteiger partial charge on any atom is 0.224 e. The Kier molecular flexibility index (Phi) is 8.37. The number of halogens is 1. The molecule has 0 saturated carbocycles. The predicted molar refractivity (Wildman–Crippen MR) is 76.0 cm³/mol. The van der Waals surface area contributed by atoms with Crippen molar-refractivity contribution in [3.63, 3.8) is 0 Å². The van der Waals surface area contributed by atoms with Crippen LogP contribution >= 0.6 is 12.4 Å². The number of rotatable bonds is 6. The summed E-state index contributed by atoms with van der Waals surface area (Å²) in [6, 6.07) is 7.67. The molecule has 3 N–H and O–H groups in total. The highest BCUT2D eigenvalue weighted by Gasteiger charge is 2.06. The molecule has 0 spiro atoms. The van der Waals surface area contributed by atoms with Crippen LogP contribution in [-0.2, 0) is 9.53 Å². The van der Waals surface area contributed by atoms with Crippen molar-refractivity contribution in [2.45, 2.75) is 25.9 Å². The number of carbonyl (C=O) groups is 1. The summed E-state index contributed by atoms with van der Waals surface area (Å²) in [6.07, 6.45) is 1.19. The second-order valence-corrected chi connectivity index (χ2v) is 3.94. The summed E-state index contributed by atoms with van der Waals surface area (Å²) in [6.45, 7) is 2.50. The first kappa shape index (κ1) is 16.9. The number of nitrogens with two attached hydrogens (primary N) is 1. The molecule has 0 bridgehead atoms. The Labute approximate surface area is 114 Å². The average Bonchev–Trinajstić information content (AvgIpc) is 2.35. The summed E-state index contributed by atoms with van der Waals surface area (Å²) in [4.78, 5) is 11.5. The molecule has 1 aromatic rings. The number of hydrogen-bond acceptors (Lipinski definition) is 3. The van der Waals surface area contributed by atoms with Crippen molar-refractivity contribution >= 4 is 24.0 Å². The Morgan fingerprint density at radius 3 is 2.83 bits per heavy atom. The third-order valence-electron chi connectivity index (χ3n) is 2.60. The van der Waals surface area contributed by atoms with Gasteiger partial charge in [0.1, 0.15) is 0 Å². The van der Waals surface area contributed by atoms with E-state index in [0.717, 1.165) is 11.3 Å². The Morgan fingerprint density at radius 2 is 2.22 bits per heavy atom. The molecule has 1 rings (SSSR count). The lowest BCUT2D eigenvalue weighted by Crippen LogP contribution is -2.13. The van der Waals surface area contributed by atoms with Gasteiger partial charge in [-0.2, -0.15) is 0 Å². The Bertz CT molecular complexity index is 372. The van der Waals surface area contributed by atoms with Gasteiger partial charge >= 0.3 is 0 Å². The maximum atomic E-state index is 11.5. The minimum absolute atomic E-state index is 0. The van der Waals surface area contributed by atoms with Crippen LogP contribution in [0.15, 0.2) is 24.3 Å². The van der Waals surface area contributed by atoms with Gasteiger partial charge in [-0.05, 0) is 37.6 Å². The van der Waals surface area contributed by atoms with E-state index < -0.39 is 0 Å². The number of carbonyl (C=O) groups excluding carboxylic acids is 1. The first-order chi connectivity index (χ1) is 8.17. The van der Waals surface area contributed by atoms with Gasteiger partial charge < -0.3 is 15.8 Å². The highest BCUT2D eigenvalue weighted by Crippen LogP contribution is 2.19. The molecule has 0 saturated heterocycles. The summed E-state index contributed by atoms with van der Waals surface area (Å²) in [7, 11) is 1.66. The minimum Gasteiger partial charge on any atom is -0.377 e. The topological polar surface area (TPSA) is 64.3 Å². The van der Waals surface area contributed by atoms with E-state index in [0.29, 0.717) is 19.4 Å². The number of methoxy groups -OCH3 is 1. The number of benzene rings is 1. The molecular formula is C13H21ClN2O2. The third kappa shape index (κ3) is 5.49. The lowest BCUT2D eigenvalue weighted by molar-refractivity contribution is -0.116. The maximum absolute atomic E-state index is 11.5. The smallest absolute Gasteiger partial charge is 0.224 e. The van der Waals surface area contributed by atoms with E-state index in [1.165, 1.54) is 0 Å². The molecule has 0 aliphatic heterocycles. The predicted octanol–water partition coefficient (Wildman–Crippen LogP) is 2.49. The first-order valence-electron chi connectivity index (χ1n) is 5.80. The molecule has 0 radical (unpaired) electrons. The van der Waals surface area contributed by atoms with Gasteiger partial charge in [0.05, 0.1) is 6.10 Å². The fourth-order valence-electron chi connectivity index (χ4n) is 1.49. The second-order valence-electron chi connectivity index (χ2n) is 3.94. The molecule has 4 nitrogen and oxygen atoms in total. The Morgan fingerprint density at radius 1 is 1.50 bits per heavy atom. The largest absolute Gasteiger partial charge is 0.377 e. The number of nitrogens with one attached hydrogen (secondary N) is 1. The molecule has 1 amide bonds. The van der Waals surface area contributed by atoms with Crippen LogP contribution < -0.4 is 11.1 Å². The van der Waals surface area contributed by atoms with Crippen molar-refractivity contribution in [3.8, 4) is 0 Å². The highest BCUT2D eigenvalue weighted by molar-refractivity contribution is 5.90. The van der Waals surface area contributed by atoms with Gasteiger partial charge in [0.2, 0.25) is 5.91 Å². The quantitative estimate of drug-likeness (QED) is 0.836. The molecule has 1 unspecified atom stereocenters. The summed E-state index contributed by atoms with van der Waals surface area (Å²) in [5.41, 5.74) is 7.20. The molecular weight excluding hydrogens is 252 g/mol. The third-order valence-corrected chi connectivity index (χ3v) is 2.60. The molecule has 1 atom stereocenters. The average molecular weight is 273 g/mol. The molecule has 18 heavy (non-hydrogen) atoms. The van der Waals surface area contributed by atoms with Gasteiger partial charge in [0, 0.05) is 19.2 Å². The zero-order valence-corrected chi connectivity index (χ0v) is 11.6. The molecule has 0 heterocycles. The Balaban J connectivity index is 0.00000289. The van der Waals surface area contributed by atoms with Gasteiger partial charge in [0.25, 0.3) is 0 Å². The van der Waals surface area contributed by atoms with Crippen LogP contribution in [0, 0.1) is 0 Å². The van der Waals surface area contributed by atoms with Crippen molar-refractivity contribution < 1.29 is 9.53 Å². The van der Waals surface area contributed by atoms with Crippen LogP contribution in [0.2, 0.25) is 0 Å². The molecule has 0 aliphatic carbocycles. The zero-order valence-electron chi connectivity index (χ0n) is 10.8. The number of hydrogen-bond donors (Lipinski definition) is 2. The van der Waals surface area contributed by atoms with E-state index >= 15 is 0 Å². The SMILES string of the molecule is COC(C)c1cccc(NC(=O)CCCN)c1.Cl. The van der Waals surface area contributed by atoms with E-state index in [1.807, 2.05) is 31.2 Å². The van der Waals surface area contributed by atoms with Gasteiger partial charge in [0.15, 0.2) is 0 Å². The summed E-state index contributed by atoms with van der Waals surface area (Å²) < 4.78 is 5.23. The van der Waals surface area contributed by atoms with Crippen molar-refractivity contribution in [3.05, 3.63) is 29.8 Å². The van der Waals surface area contributed by atoms with Crippen molar-refractivity contribution in [2.24, 2.45) is 5.73 Å². The summed E-state index contributed by atoms with van der Waals surface area (Å²) in [5, 5.41) is 2.85. The minimum atomic E-state index is -0.00216. The van der Waals surface area contributed by atoms with Crippen molar-refractivity contribution in [2.75, 3.05) is 19.0 Å². The number of anilines is 1. The van der Waals surface area contributed by atoms with Gasteiger partial charge in [-0.15, -0.1) is 12.4 Å². The van der Waals surface area contributed by atoms with Gasteiger partial charge in [-0.25, -0.2) is 0 Å². The molecule has 102 valence electrons. The molecule has 0 fully saturated rings. The zero-order chi connectivity index (χ0) is 12.7. The molecule has 0 aliphatic rings.